The SMILES string of the molecule is COCCCN(C)CCN[C@H](c1ccc(F)cc1)c1cn[nH]n1. The summed E-state index contributed by atoms with van der Waals surface area (Å²) >= 11 is 0. The van der Waals surface area contributed by atoms with E-state index in [1.54, 1.807) is 25.4 Å². The van der Waals surface area contributed by atoms with Gasteiger partial charge in [0.1, 0.15) is 11.5 Å². The standard InChI is InChI=1S/C16H24FN5O/c1-22(9-3-11-23-2)10-8-18-16(15-12-19-21-20-15)13-4-6-14(17)7-5-13/h4-7,12,16,18H,3,8-11H2,1-2H3,(H,19,20,21)/t16-/m1/s1. The third kappa shape index (κ3) is 5.70. The van der Waals surface area contributed by atoms with Crippen LogP contribution in [0.25, 0.3) is 0 Å². The third-order valence-electron chi connectivity index (χ3n) is 3.66. The normalized spacial score (nSPS) is 12.7. The van der Waals surface area contributed by atoms with Crippen molar-refractivity contribution in [1.29, 1.82) is 0 Å². The van der Waals surface area contributed by atoms with Crippen LogP contribution in [0.15, 0.2) is 30.5 Å². The van der Waals surface area contributed by atoms with E-state index in [2.05, 4.69) is 32.7 Å². The zero-order valence-corrected chi connectivity index (χ0v) is 13.6. The molecule has 0 radical (unpaired) electrons. The molecule has 1 atom stereocenters. The number of aromatic amines is 1. The Balaban J connectivity index is 1.90. The first-order valence-corrected chi connectivity index (χ1v) is 7.72. The highest BCUT2D eigenvalue weighted by Crippen LogP contribution is 2.19. The number of rotatable bonds is 10. The van der Waals surface area contributed by atoms with Crippen molar-refractivity contribution in [3.63, 3.8) is 0 Å². The van der Waals surface area contributed by atoms with Crippen LogP contribution in [0.3, 0.4) is 0 Å². The van der Waals surface area contributed by atoms with E-state index < -0.39 is 0 Å². The molecule has 0 aliphatic carbocycles. The molecule has 1 aromatic heterocycles. The van der Waals surface area contributed by atoms with Gasteiger partial charge < -0.3 is 15.0 Å². The molecule has 6 nitrogen and oxygen atoms in total. The fourth-order valence-corrected chi connectivity index (χ4v) is 2.39. The summed E-state index contributed by atoms with van der Waals surface area (Å²) in [6.45, 7) is 3.45. The molecule has 126 valence electrons. The number of hydrogen-bond acceptors (Lipinski definition) is 5. The summed E-state index contributed by atoms with van der Waals surface area (Å²) < 4.78 is 18.2. The predicted octanol–water partition coefficient (Wildman–Crippen LogP) is 1.59. The molecule has 0 amide bonds. The molecule has 0 aliphatic heterocycles. The van der Waals surface area contributed by atoms with Crippen molar-refractivity contribution in [1.82, 2.24) is 25.6 Å². The Morgan fingerprint density at radius 2 is 2.09 bits per heavy atom. The minimum Gasteiger partial charge on any atom is -0.385 e. The molecular weight excluding hydrogens is 297 g/mol. The van der Waals surface area contributed by atoms with Crippen LogP contribution < -0.4 is 5.32 Å². The predicted molar refractivity (Wildman–Crippen MR) is 86.6 cm³/mol. The Morgan fingerprint density at radius 3 is 2.74 bits per heavy atom. The van der Waals surface area contributed by atoms with Crippen molar-refractivity contribution in [2.45, 2.75) is 12.5 Å². The highest BCUT2D eigenvalue weighted by molar-refractivity contribution is 5.26. The number of ether oxygens (including phenoxy) is 1. The van der Waals surface area contributed by atoms with Crippen molar-refractivity contribution in [3.8, 4) is 0 Å². The van der Waals surface area contributed by atoms with Crippen LogP contribution in [-0.2, 0) is 4.74 Å². The number of nitrogens with one attached hydrogen (secondary N) is 2. The number of H-pyrrole nitrogens is 1. The van der Waals surface area contributed by atoms with Gasteiger partial charge in [0.2, 0.25) is 0 Å². The molecule has 7 heteroatoms. The highest BCUT2D eigenvalue weighted by Gasteiger charge is 2.16. The van der Waals surface area contributed by atoms with Crippen LogP contribution in [0.1, 0.15) is 23.7 Å². The van der Waals surface area contributed by atoms with Crippen molar-refractivity contribution in [2.75, 3.05) is 40.4 Å². The summed E-state index contributed by atoms with van der Waals surface area (Å²) in [4.78, 5) is 2.25. The van der Waals surface area contributed by atoms with Crippen LogP contribution in [0.2, 0.25) is 0 Å². The minimum absolute atomic E-state index is 0.110. The van der Waals surface area contributed by atoms with Crippen LogP contribution in [-0.4, -0.2) is 60.7 Å². The fourth-order valence-electron chi connectivity index (χ4n) is 2.39. The Morgan fingerprint density at radius 1 is 1.30 bits per heavy atom. The molecule has 23 heavy (non-hydrogen) atoms. The van der Waals surface area contributed by atoms with Gasteiger partial charge in [-0.3, -0.25) is 0 Å². The largest absolute Gasteiger partial charge is 0.385 e. The number of methoxy groups -OCH3 is 1. The van der Waals surface area contributed by atoms with Gasteiger partial charge in [0.05, 0.1) is 12.2 Å². The second-order valence-electron chi connectivity index (χ2n) is 5.48. The Bertz CT molecular complexity index is 546. The Hall–Kier alpha value is -1.83. The quantitative estimate of drug-likeness (QED) is 0.651. The number of hydrogen-bond donors (Lipinski definition) is 2. The first-order valence-electron chi connectivity index (χ1n) is 7.72. The van der Waals surface area contributed by atoms with Gasteiger partial charge in [-0.2, -0.15) is 15.4 Å². The van der Waals surface area contributed by atoms with Crippen LogP contribution in [0.5, 0.6) is 0 Å². The average Bonchev–Trinajstić information content (AvgIpc) is 3.07. The molecule has 0 unspecified atom stereocenters. The molecule has 2 aromatic rings. The lowest BCUT2D eigenvalue weighted by molar-refractivity contribution is 0.179. The van der Waals surface area contributed by atoms with Crippen molar-refractivity contribution in [3.05, 3.63) is 47.5 Å². The van der Waals surface area contributed by atoms with Gasteiger partial charge in [-0.05, 0) is 31.2 Å². The van der Waals surface area contributed by atoms with E-state index in [1.165, 1.54) is 12.1 Å². The second kappa shape index (κ2) is 9.34. The molecule has 2 N–H and O–H groups in total. The summed E-state index contributed by atoms with van der Waals surface area (Å²) in [7, 11) is 3.80. The van der Waals surface area contributed by atoms with Crippen LogP contribution >= 0.6 is 0 Å². The molecule has 0 fully saturated rings. The lowest BCUT2D eigenvalue weighted by Crippen LogP contribution is -2.33. The number of aromatic nitrogens is 3. The van der Waals surface area contributed by atoms with Crippen molar-refractivity contribution in [2.24, 2.45) is 0 Å². The molecule has 0 spiro atoms. The Labute approximate surface area is 136 Å². The monoisotopic (exact) mass is 321 g/mol. The minimum atomic E-state index is -0.245. The van der Waals surface area contributed by atoms with E-state index in [0.717, 1.165) is 43.9 Å². The lowest BCUT2D eigenvalue weighted by atomic mass is 10.0. The van der Waals surface area contributed by atoms with Gasteiger partial charge in [-0.15, -0.1) is 0 Å². The lowest BCUT2D eigenvalue weighted by Gasteiger charge is -2.20. The van der Waals surface area contributed by atoms with Gasteiger partial charge in [0.15, 0.2) is 0 Å². The molecule has 0 bridgehead atoms. The maximum Gasteiger partial charge on any atom is 0.123 e. The molecule has 0 aliphatic rings. The molecular formula is C16H24FN5O. The topological polar surface area (TPSA) is 66.1 Å². The van der Waals surface area contributed by atoms with Crippen molar-refractivity contribution < 1.29 is 9.13 Å². The second-order valence-corrected chi connectivity index (χ2v) is 5.48. The summed E-state index contributed by atoms with van der Waals surface area (Å²) in [5, 5.41) is 14.1. The van der Waals surface area contributed by atoms with Crippen LogP contribution in [0.4, 0.5) is 4.39 Å². The van der Waals surface area contributed by atoms with E-state index in [1.807, 2.05) is 0 Å². The Kier molecular flexibility index (Phi) is 7.12. The van der Waals surface area contributed by atoms with Gasteiger partial charge in [-0.25, -0.2) is 4.39 Å². The van der Waals surface area contributed by atoms with Gasteiger partial charge in [-0.1, -0.05) is 12.1 Å². The smallest absolute Gasteiger partial charge is 0.123 e. The zero-order valence-electron chi connectivity index (χ0n) is 13.6. The summed E-state index contributed by atoms with van der Waals surface area (Å²) in [6.07, 6.45) is 2.70. The molecule has 1 heterocycles. The molecule has 2 rings (SSSR count). The van der Waals surface area contributed by atoms with E-state index in [0.29, 0.717) is 0 Å². The van der Waals surface area contributed by atoms with E-state index >= 15 is 0 Å². The number of benzene rings is 1. The van der Waals surface area contributed by atoms with E-state index in [-0.39, 0.29) is 11.9 Å². The highest BCUT2D eigenvalue weighted by atomic mass is 19.1. The molecule has 0 saturated heterocycles. The van der Waals surface area contributed by atoms with E-state index in [4.69, 9.17) is 4.74 Å². The fraction of sp³-hybridized carbons (Fsp3) is 0.500. The van der Waals surface area contributed by atoms with Gasteiger partial charge in [0.25, 0.3) is 0 Å². The summed E-state index contributed by atoms with van der Waals surface area (Å²) in [5.74, 6) is -0.245. The summed E-state index contributed by atoms with van der Waals surface area (Å²) in [5.41, 5.74) is 1.75. The van der Waals surface area contributed by atoms with Gasteiger partial charge in [0, 0.05) is 33.4 Å². The number of halogens is 1. The first kappa shape index (κ1) is 17.5. The maximum atomic E-state index is 13.1. The third-order valence-corrected chi connectivity index (χ3v) is 3.66. The maximum absolute atomic E-state index is 13.1. The first-order chi connectivity index (χ1) is 11.2. The number of nitrogens with zero attached hydrogens (tertiary/aromatic N) is 3. The average molecular weight is 321 g/mol. The summed E-state index contributed by atoms with van der Waals surface area (Å²) in [6, 6.07) is 6.34. The van der Waals surface area contributed by atoms with Crippen molar-refractivity contribution >= 4 is 0 Å². The molecule has 0 saturated carbocycles. The van der Waals surface area contributed by atoms with Crippen LogP contribution in [0, 0.1) is 5.82 Å². The van der Waals surface area contributed by atoms with E-state index in [9.17, 15) is 4.39 Å². The zero-order chi connectivity index (χ0) is 16.5. The molecule has 1 aromatic carbocycles. The number of likely N-dealkylation sites (N-methyl/N-ethyl adjacent to an activating group) is 1. The van der Waals surface area contributed by atoms with Gasteiger partial charge >= 0.3 is 0 Å².